The Kier molecular flexibility index (Phi) is 2.88. The highest BCUT2D eigenvalue weighted by molar-refractivity contribution is 5.23. The molecular formula is C8H12N4O4. The molecule has 2 heterocycles. The fourth-order valence-electron chi connectivity index (χ4n) is 1.59. The lowest BCUT2D eigenvalue weighted by Gasteiger charge is -2.14. The van der Waals surface area contributed by atoms with E-state index in [0.29, 0.717) is 0 Å². The maximum absolute atomic E-state index is 11.5. The Morgan fingerprint density at radius 3 is 3.00 bits per heavy atom. The molecule has 8 nitrogen and oxygen atoms in total. The van der Waals surface area contributed by atoms with Gasteiger partial charge in [0.25, 0.3) is 0 Å². The van der Waals surface area contributed by atoms with E-state index >= 15 is 0 Å². The normalized spacial score (nSPS) is 29.5. The summed E-state index contributed by atoms with van der Waals surface area (Å²) in [4.78, 5) is 15.0. The van der Waals surface area contributed by atoms with Crippen LogP contribution in [0.1, 0.15) is 12.6 Å². The van der Waals surface area contributed by atoms with E-state index in [9.17, 15) is 9.90 Å². The molecule has 1 fully saturated rings. The smallest absolute Gasteiger partial charge is 0.351 e. The standard InChI is InChI=1S/C8H12N4O4/c9-5-1-2-12(8(14)10-5)6-3-4(13)7(11-15)16-6/h1-2,4,6-7,11,13,15H,3H2,(H2,9,10,14)/t4-,6+,7-/m0/s1. The molecule has 0 radical (unpaired) electrons. The van der Waals surface area contributed by atoms with Crippen molar-refractivity contribution in [2.45, 2.75) is 25.0 Å². The zero-order valence-electron chi connectivity index (χ0n) is 8.28. The molecule has 5 N–H and O–H groups in total. The second-order valence-electron chi connectivity index (χ2n) is 3.49. The number of ether oxygens (including phenoxy) is 1. The van der Waals surface area contributed by atoms with Gasteiger partial charge in [-0.2, -0.15) is 10.5 Å². The number of aliphatic hydroxyl groups is 1. The van der Waals surface area contributed by atoms with Gasteiger partial charge in [-0.15, -0.1) is 0 Å². The van der Waals surface area contributed by atoms with Gasteiger partial charge in [-0.3, -0.25) is 4.57 Å². The van der Waals surface area contributed by atoms with Crippen LogP contribution in [0.4, 0.5) is 5.82 Å². The second-order valence-corrected chi connectivity index (χ2v) is 3.49. The molecule has 0 aliphatic carbocycles. The number of nitrogens with one attached hydrogen (secondary N) is 1. The van der Waals surface area contributed by atoms with Gasteiger partial charge in [-0.1, -0.05) is 0 Å². The van der Waals surface area contributed by atoms with E-state index in [0.717, 1.165) is 0 Å². The van der Waals surface area contributed by atoms with Crippen LogP contribution in [0, 0.1) is 0 Å². The molecule has 8 heteroatoms. The molecule has 1 aliphatic heterocycles. The molecule has 1 saturated heterocycles. The number of hydrogen-bond donors (Lipinski definition) is 4. The van der Waals surface area contributed by atoms with Crippen LogP contribution in [0.3, 0.4) is 0 Å². The average molecular weight is 228 g/mol. The molecule has 1 aromatic heterocycles. The minimum absolute atomic E-state index is 0.122. The summed E-state index contributed by atoms with van der Waals surface area (Å²) in [6.07, 6.45) is -0.847. The van der Waals surface area contributed by atoms with Crippen LogP contribution in [0.25, 0.3) is 0 Å². The monoisotopic (exact) mass is 228 g/mol. The fraction of sp³-hybridized carbons (Fsp3) is 0.500. The number of nitrogen functional groups attached to an aromatic ring is 1. The van der Waals surface area contributed by atoms with Gasteiger partial charge in [0.2, 0.25) is 0 Å². The van der Waals surface area contributed by atoms with Crippen LogP contribution in [0.15, 0.2) is 17.1 Å². The van der Waals surface area contributed by atoms with E-state index in [-0.39, 0.29) is 12.2 Å². The first-order chi connectivity index (χ1) is 7.61. The molecule has 0 aromatic carbocycles. The van der Waals surface area contributed by atoms with Crippen molar-refractivity contribution in [3.05, 3.63) is 22.7 Å². The topological polar surface area (TPSA) is 123 Å². The van der Waals surface area contributed by atoms with Gasteiger partial charge in [0.05, 0.1) is 6.10 Å². The summed E-state index contributed by atoms with van der Waals surface area (Å²) in [6.45, 7) is 0. The van der Waals surface area contributed by atoms with Crippen molar-refractivity contribution >= 4 is 5.82 Å². The van der Waals surface area contributed by atoms with Crippen molar-refractivity contribution < 1.29 is 15.1 Å². The number of aromatic nitrogens is 2. The maximum atomic E-state index is 11.5. The average Bonchev–Trinajstić information content (AvgIpc) is 2.59. The molecule has 0 unspecified atom stereocenters. The molecule has 16 heavy (non-hydrogen) atoms. The number of nitrogens with two attached hydrogens (primary N) is 1. The summed E-state index contributed by atoms with van der Waals surface area (Å²) in [6, 6.07) is 1.46. The van der Waals surface area contributed by atoms with Gasteiger partial charge >= 0.3 is 5.69 Å². The number of nitrogens with zero attached hydrogens (tertiary/aromatic N) is 2. The van der Waals surface area contributed by atoms with E-state index < -0.39 is 24.2 Å². The number of hydroxylamine groups is 1. The lowest BCUT2D eigenvalue weighted by molar-refractivity contribution is -0.0955. The summed E-state index contributed by atoms with van der Waals surface area (Å²) < 4.78 is 6.41. The molecule has 0 spiro atoms. The van der Waals surface area contributed by atoms with Crippen molar-refractivity contribution in [3.8, 4) is 0 Å². The van der Waals surface area contributed by atoms with Crippen LogP contribution in [0.2, 0.25) is 0 Å². The van der Waals surface area contributed by atoms with E-state index in [1.165, 1.54) is 16.8 Å². The molecule has 1 aliphatic rings. The Bertz CT molecular complexity index is 434. The third-order valence-corrected chi connectivity index (χ3v) is 2.39. The van der Waals surface area contributed by atoms with Crippen molar-refractivity contribution in [3.63, 3.8) is 0 Å². The van der Waals surface area contributed by atoms with Crippen LogP contribution in [-0.2, 0) is 4.74 Å². The highest BCUT2D eigenvalue weighted by atomic mass is 16.6. The molecule has 1 aromatic rings. The molecule has 2 rings (SSSR count). The van der Waals surface area contributed by atoms with E-state index in [1.54, 1.807) is 0 Å². The Labute approximate surface area is 90.2 Å². The van der Waals surface area contributed by atoms with Crippen molar-refractivity contribution in [1.82, 2.24) is 15.0 Å². The number of hydrogen-bond acceptors (Lipinski definition) is 7. The van der Waals surface area contributed by atoms with Gasteiger partial charge in [0, 0.05) is 12.6 Å². The highest BCUT2D eigenvalue weighted by Gasteiger charge is 2.35. The van der Waals surface area contributed by atoms with Crippen LogP contribution in [0.5, 0.6) is 0 Å². The molecule has 88 valence electrons. The quantitative estimate of drug-likeness (QED) is 0.450. The molecule has 0 amide bonds. The minimum Gasteiger partial charge on any atom is -0.389 e. The molecule has 3 atom stereocenters. The molecular weight excluding hydrogens is 216 g/mol. The van der Waals surface area contributed by atoms with Crippen LogP contribution >= 0.6 is 0 Å². The van der Waals surface area contributed by atoms with Crippen molar-refractivity contribution in [1.29, 1.82) is 0 Å². The summed E-state index contributed by atoms with van der Waals surface area (Å²) >= 11 is 0. The van der Waals surface area contributed by atoms with Gasteiger partial charge < -0.3 is 20.8 Å². The Morgan fingerprint density at radius 2 is 2.44 bits per heavy atom. The van der Waals surface area contributed by atoms with Gasteiger partial charge in [0.15, 0.2) is 6.23 Å². The summed E-state index contributed by atoms with van der Waals surface area (Å²) in [5, 5.41) is 18.1. The Balaban J connectivity index is 2.23. The first-order valence-electron chi connectivity index (χ1n) is 4.69. The number of rotatable bonds is 2. The van der Waals surface area contributed by atoms with E-state index in [1.807, 2.05) is 5.48 Å². The lowest BCUT2D eigenvalue weighted by Crippen LogP contribution is -2.34. The van der Waals surface area contributed by atoms with Crippen LogP contribution < -0.4 is 16.9 Å². The van der Waals surface area contributed by atoms with Crippen molar-refractivity contribution in [2.75, 3.05) is 5.73 Å². The van der Waals surface area contributed by atoms with Crippen LogP contribution in [-0.4, -0.2) is 32.2 Å². The van der Waals surface area contributed by atoms with E-state index in [2.05, 4.69) is 4.98 Å². The predicted molar refractivity (Wildman–Crippen MR) is 52.4 cm³/mol. The summed E-state index contributed by atoms with van der Waals surface area (Å²) in [5.74, 6) is 0.122. The highest BCUT2D eigenvalue weighted by Crippen LogP contribution is 2.25. The van der Waals surface area contributed by atoms with E-state index in [4.69, 9.17) is 15.7 Å². The predicted octanol–water partition coefficient (Wildman–Crippen LogP) is -1.59. The number of anilines is 1. The third-order valence-electron chi connectivity index (χ3n) is 2.39. The van der Waals surface area contributed by atoms with Gasteiger partial charge in [-0.05, 0) is 6.07 Å². The zero-order valence-corrected chi connectivity index (χ0v) is 8.28. The maximum Gasteiger partial charge on any atom is 0.351 e. The largest absolute Gasteiger partial charge is 0.389 e. The van der Waals surface area contributed by atoms with Crippen molar-refractivity contribution in [2.24, 2.45) is 0 Å². The fourth-order valence-corrected chi connectivity index (χ4v) is 1.59. The Morgan fingerprint density at radius 1 is 1.69 bits per heavy atom. The third kappa shape index (κ3) is 1.91. The summed E-state index contributed by atoms with van der Waals surface area (Å²) in [5.41, 5.74) is 6.59. The SMILES string of the molecule is Nc1ccn([C@H]2C[C@H](O)[C@@H](NO)O2)c(=O)n1. The van der Waals surface area contributed by atoms with Gasteiger partial charge in [-0.25, -0.2) is 4.79 Å². The van der Waals surface area contributed by atoms with Gasteiger partial charge in [0.1, 0.15) is 12.0 Å². The summed E-state index contributed by atoms with van der Waals surface area (Å²) in [7, 11) is 0. The molecule has 0 saturated carbocycles. The lowest BCUT2D eigenvalue weighted by atomic mass is 10.2. The zero-order chi connectivity index (χ0) is 11.7. The number of aliphatic hydroxyl groups excluding tert-OH is 1. The molecule has 0 bridgehead atoms. The first-order valence-corrected chi connectivity index (χ1v) is 4.69. The first kappa shape index (κ1) is 11.0. The Hall–Kier alpha value is -1.48. The minimum atomic E-state index is -0.908. The second kappa shape index (κ2) is 4.18.